The number of rotatable bonds is 4. The van der Waals surface area contributed by atoms with Crippen molar-refractivity contribution >= 4 is 45.7 Å². The van der Waals surface area contributed by atoms with Crippen molar-refractivity contribution in [2.75, 3.05) is 17.7 Å². The van der Waals surface area contributed by atoms with E-state index in [9.17, 15) is 10.1 Å². The molecule has 1 aromatic carbocycles. The summed E-state index contributed by atoms with van der Waals surface area (Å²) in [5.74, 6) is 0.479. The van der Waals surface area contributed by atoms with E-state index in [1.165, 1.54) is 6.20 Å². The van der Waals surface area contributed by atoms with Crippen molar-refractivity contribution < 1.29 is 4.92 Å². The molecule has 7 nitrogen and oxygen atoms in total. The molecule has 0 atom stereocenters. The molecule has 2 N–H and O–H groups in total. The number of halogens is 1. The van der Waals surface area contributed by atoms with Gasteiger partial charge in [0.05, 0.1) is 10.6 Å². The molecule has 0 aliphatic rings. The van der Waals surface area contributed by atoms with Crippen molar-refractivity contribution in [2.24, 2.45) is 0 Å². The first-order chi connectivity index (χ1) is 9.11. The number of hydrogen-bond donors (Lipinski definition) is 2. The van der Waals surface area contributed by atoms with Gasteiger partial charge in [-0.05, 0) is 34.7 Å². The second-order valence-electron chi connectivity index (χ2n) is 3.54. The second kappa shape index (κ2) is 5.78. The van der Waals surface area contributed by atoms with E-state index in [2.05, 4.69) is 43.2 Å². The highest BCUT2D eigenvalue weighted by Gasteiger charge is 2.17. The molecule has 2 aromatic rings. The predicted octanol–water partition coefficient (Wildman–Crippen LogP) is 2.77. The third-order valence-electron chi connectivity index (χ3n) is 2.32. The summed E-state index contributed by atoms with van der Waals surface area (Å²) in [5, 5.41) is 16.7. The van der Waals surface area contributed by atoms with E-state index in [-0.39, 0.29) is 11.5 Å². The van der Waals surface area contributed by atoms with E-state index in [1.54, 1.807) is 7.05 Å². The van der Waals surface area contributed by atoms with E-state index in [0.29, 0.717) is 5.95 Å². The minimum Gasteiger partial charge on any atom is -0.357 e. The van der Waals surface area contributed by atoms with Crippen molar-refractivity contribution in [3.8, 4) is 0 Å². The third kappa shape index (κ3) is 3.08. The first-order valence-corrected chi connectivity index (χ1v) is 6.40. The highest BCUT2D eigenvalue weighted by atomic mass is 127. The Morgan fingerprint density at radius 1 is 1.37 bits per heavy atom. The highest BCUT2D eigenvalue weighted by molar-refractivity contribution is 14.1. The van der Waals surface area contributed by atoms with Gasteiger partial charge in [-0.3, -0.25) is 10.1 Å². The number of nitrogens with zero attached hydrogens (tertiary/aromatic N) is 3. The Morgan fingerprint density at radius 3 is 2.74 bits per heavy atom. The summed E-state index contributed by atoms with van der Waals surface area (Å²) in [5.41, 5.74) is 0.589. The van der Waals surface area contributed by atoms with Crippen molar-refractivity contribution in [3.05, 3.63) is 44.1 Å². The van der Waals surface area contributed by atoms with Gasteiger partial charge in [0.15, 0.2) is 0 Å². The highest BCUT2D eigenvalue weighted by Crippen LogP contribution is 2.27. The molecule has 0 spiro atoms. The fraction of sp³-hybridized carbons (Fsp3) is 0.0909. The molecule has 19 heavy (non-hydrogen) atoms. The fourth-order valence-corrected chi connectivity index (χ4v) is 1.93. The van der Waals surface area contributed by atoms with Gasteiger partial charge in [0.2, 0.25) is 11.8 Å². The van der Waals surface area contributed by atoms with Crippen LogP contribution in [0.1, 0.15) is 0 Å². The fourth-order valence-electron chi connectivity index (χ4n) is 1.41. The largest absolute Gasteiger partial charge is 0.357 e. The SMILES string of the molecule is CNc1ncc([N+](=O)[O-])c(Nc2ccccc2I)n1. The molecule has 0 fully saturated rings. The first kappa shape index (κ1) is 13.5. The Bertz CT molecular complexity index is 620. The maximum atomic E-state index is 11.0. The van der Waals surface area contributed by atoms with Crippen LogP contribution in [-0.4, -0.2) is 21.9 Å². The summed E-state index contributed by atoms with van der Waals surface area (Å²) in [6.45, 7) is 0. The summed E-state index contributed by atoms with van der Waals surface area (Å²) in [6.07, 6.45) is 1.18. The number of aromatic nitrogens is 2. The molecule has 0 radical (unpaired) electrons. The monoisotopic (exact) mass is 371 g/mol. The summed E-state index contributed by atoms with van der Waals surface area (Å²) in [4.78, 5) is 18.4. The van der Waals surface area contributed by atoms with E-state index in [4.69, 9.17) is 0 Å². The molecular weight excluding hydrogens is 361 g/mol. The van der Waals surface area contributed by atoms with E-state index >= 15 is 0 Å². The smallest absolute Gasteiger partial charge is 0.329 e. The molecule has 0 aliphatic heterocycles. The van der Waals surface area contributed by atoms with Crippen LogP contribution in [0.5, 0.6) is 0 Å². The molecule has 0 saturated heterocycles. The van der Waals surface area contributed by atoms with Gasteiger partial charge in [0.25, 0.3) is 0 Å². The predicted molar refractivity (Wildman–Crippen MR) is 80.7 cm³/mol. The Labute approximate surface area is 122 Å². The zero-order valence-electron chi connectivity index (χ0n) is 9.92. The molecular formula is C11H10IN5O2. The molecule has 1 heterocycles. The van der Waals surface area contributed by atoms with Gasteiger partial charge in [0.1, 0.15) is 6.20 Å². The van der Waals surface area contributed by atoms with Gasteiger partial charge in [-0.2, -0.15) is 4.98 Å². The van der Waals surface area contributed by atoms with Crippen molar-refractivity contribution in [2.45, 2.75) is 0 Å². The van der Waals surface area contributed by atoms with Crippen LogP contribution in [0.3, 0.4) is 0 Å². The maximum Gasteiger partial charge on any atom is 0.329 e. The summed E-state index contributed by atoms with van der Waals surface area (Å²) >= 11 is 2.14. The third-order valence-corrected chi connectivity index (χ3v) is 3.26. The zero-order valence-corrected chi connectivity index (χ0v) is 12.1. The lowest BCUT2D eigenvalue weighted by Crippen LogP contribution is -2.05. The lowest BCUT2D eigenvalue weighted by molar-refractivity contribution is -0.384. The quantitative estimate of drug-likeness (QED) is 0.488. The van der Waals surface area contributed by atoms with Crippen LogP contribution in [-0.2, 0) is 0 Å². The van der Waals surface area contributed by atoms with Crippen LogP contribution in [0, 0.1) is 13.7 Å². The van der Waals surface area contributed by atoms with Gasteiger partial charge < -0.3 is 10.6 Å². The van der Waals surface area contributed by atoms with Crippen LogP contribution >= 0.6 is 22.6 Å². The standard InChI is InChI=1S/C11H10IN5O2/c1-13-11-14-6-9(17(18)19)10(16-11)15-8-5-3-2-4-7(8)12/h2-6H,1H3,(H2,13,14,15,16). The molecule has 0 saturated carbocycles. The van der Waals surface area contributed by atoms with Gasteiger partial charge in [-0.25, -0.2) is 4.98 Å². The Balaban J connectivity index is 2.43. The zero-order chi connectivity index (χ0) is 13.8. The van der Waals surface area contributed by atoms with E-state index < -0.39 is 4.92 Å². The molecule has 0 bridgehead atoms. The molecule has 8 heteroatoms. The molecule has 2 rings (SSSR count). The number of hydrogen-bond acceptors (Lipinski definition) is 6. The van der Waals surface area contributed by atoms with Gasteiger partial charge >= 0.3 is 5.69 Å². The van der Waals surface area contributed by atoms with Crippen LogP contribution < -0.4 is 10.6 Å². The van der Waals surface area contributed by atoms with Gasteiger partial charge in [-0.15, -0.1) is 0 Å². The number of anilines is 3. The minimum atomic E-state index is -0.516. The van der Waals surface area contributed by atoms with Gasteiger partial charge in [-0.1, -0.05) is 12.1 Å². The van der Waals surface area contributed by atoms with Crippen LogP contribution in [0.25, 0.3) is 0 Å². The van der Waals surface area contributed by atoms with Crippen molar-refractivity contribution in [3.63, 3.8) is 0 Å². The van der Waals surface area contributed by atoms with Crippen molar-refractivity contribution in [1.82, 2.24) is 9.97 Å². The van der Waals surface area contributed by atoms with Crippen LogP contribution in [0.2, 0.25) is 0 Å². The Morgan fingerprint density at radius 2 is 2.11 bits per heavy atom. The lowest BCUT2D eigenvalue weighted by Gasteiger charge is -2.08. The Hall–Kier alpha value is -1.97. The first-order valence-electron chi connectivity index (χ1n) is 5.32. The lowest BCUT2D eigenvalue weighted by atomic mass is 10.3. The number of para-hydroxylation sites is 1. The second-order valence-corrected chi connectivity index (χ2v) is 4.70. The number of nitrogens with one attached hydrogen (secondary N) is 2. The molecule has 0 amide bonds. The minimum absolute atomic E-state index is 0.161. The van der Waals surface area contributed by atoms with Crippen LogP contribution in [0.15, 0.2) is 30.5 Å². The number of benzene rings is 1. The molecule has 0 unspecified atom stereocenters. The Kier molecular flexibility index (Phi) is 4.10. The molecule has 0 aliphatic carbocycles. The van der Waals surface area contributed by atoms with Gasteiger partial charge in [0, 0.05) is 10.6 Å². The summed E-state index contributed by atoms with van der Waals surface area (Å²) < 4.78 is 0.944. The normalized spacial score (nSPS) is 10.0. The maximum absolute atomic E-state index is 11.0. The summed E-state index contributed by atoms with van der Waals surface area (Å²) in [7, 11) is 1.65. The van der Waals surface area contributed by atoms with E-state index in [1.807, 2.05) is 24.3 Å². The summed E-state index contributed by atoms with van der Waals surface area (Å²) in [6, 6.07) is 7.46. The average Bonchev–Trinajstić information content (AvgIpc) is 2.41. The van der Waals surface area contributed by atoms with Crippen LogP contribution in [0.4, 0.5) is 23.1 Å². The number of nitro groups is 1. The van der Waals surface area contributed by atoms with E-state index in [0.717, 1.165) is 9.26 Å². The average molecular weight is 371 g/mol. The molecule has 1 aromatic heterocycles. The topological polar surface area (TPSA) is 93.0 Å². The van der Waals surface area contributed by atoms with Crippen molar-refractivity contribution in [1.29, 1.82) is 0 Å². The molecule has 98 valence electrons.